The van der Waals surface area contributed by atoms with Crippen molar-refractivity contribution in [3.8, 4) is 11.5 Å². The highest BCUT2D eigenvalue weighted by Gasteiger charge is 2.20. The van der Waals surface area contributed by atoms with Crippen LogP contribution in [0.15, 0.2) is 18.2 Å². The van der Waals surface area contributed by atoms with Crippen LogP contribution in [-0.2, 0) is 0 Å². The highest BCUT2D eigenvalue weighted by Crippen LogP contribution is 2.32. The number of ether oxygens (including phenoxy) is 2. The van der Waals surface area contributed by atoms with Crippen molar-refractivity contribution < 1.29 is 18.7 Å². The van der Waals surface area contributed by atoms with Crippen LogP contribution < -0.4 is 14.8 Å². The maximum absolute atomic E-state index is 13.2. The van der Waals surface area contributed by atoms with Gasteiger partial charge in [-0.25, -0.2) is 4.39 Å². The van der Waals surface area contributed by atoms with Gasteiger partial charge in [-0.3, -0.25) is 4.79 Å². The Balaban J connectivity index is 3.38. The van der Waals surface area contributed by atoms with E-state index in [1.165, 1.54) is 14.0 Å². The molecule has 0 spiro atoms. The smallest absolute Gasteiger partial charge is 0.258 e. The van der Waals surface area contributed by atoms with E-state index in [0.29, 0.717) is 12.3 Å². The molecule has 1 aromatic carbocycles. The Bertz CT molecular complexity index is 498. The van der Waals surface area contributed by atoms with Crippen LogP contribution in [-0.4, -0.2) is 25.9 Å². The van der Waals surface area contributed by atoms with Crippen molar-refractivity contribution in [1.82, 2.24) is 5.32 Å². The molecule has 1 unspecified atom stereocenters. The first-order chi connectivity index (χ1) is 9.53. The highest BCUT2D eigenvalue weighted by atomic mass is 19.1. The lowest BCUT2D eigenvalue weighted by molar-refractivity contribution is 0.0811. The van der Waals surface area contributed by atoms with Gasteiger partial charge in [0.05, 0.1) is 7.11 Å². The molecule has 1 rings (SSSR count). The number of allylic oxidation sites excluding steroid dienone is 1. The predicted octanol–water partition coefficient (Wildman–Crippen LogP) is 3.17. The quantitative estimate of drug-likeness (QED) is 0.871. The molecule has 5 heteroatoms. The van der Waals surface area contributed by atoms with Crippen LogP contribution in [0.1, 0.15) is 36.7 Å². The number of carbonyl (C=O) groups is 1. The zero-order valence-electron chi connectivity index (χ0n) is 12.2. The van der Waals surface area contributed by atoms with Crippen molar-refractivity contribution >= 4 is 12.0 Å². The van der Waals surface area contributed by atoms with Gasteiger partial charge in [0, 0.05) is 13.5 Å². The summed E-state index contributed by atoms with van der Waals surface area (Å²) in [6, 6.07) is 3.32. The summed E-state index contributed by atoms with van der Waals surface area (Å²) in [5.41, 5.74) is 0.972. The number of methoxy groups -OCH3 is 1. The lowest BCUT2D eigenvalue weighted by Gasteiger charge is -2.16. The average Bonchev–Trinajstić information content (AvgIpc) is 2.37. The average molecular weight is 281 g/mol. The zero-order chi connectivity index (χ0) is 15.1. The molecule has 1 amide bonds. The van der Waals surface area contributed by atoms with Crippen LogP contribution >= 0.6 is 0 Å². The molecule has 1 aromatic rings. The van der Waals surface area contributed by atoms with Crippen LogP contribution in [0.5, 0.6) is 11.5 Å². The van der Waals surface area contributed by atoms with Gasteiger partial charge in [-0.15, -0.1) is 0 Å². The molecule has 0 heterocycles. The Morgan fingerprint density at radius 1 is 1.45 bits per heavy atom. The van der Waals surface area contributed by atoms with E-state index in [9.17, 15) is 9.18 Å². The fourth-order valence-electron chi connectivity index (χ4n) is 1.80. The lowest BCUT2D eigenvalue weighted by atomic mass is 10.1. The molecule has 0 bridgehead atoms. The zero-order valence-corrected chi connectivity index (χ0v) is 12.2. The number of nitrogens with one attached hydrogen (secondary N) is 1. The fraction of sp³-hybridized carbons (Fsp3) is 0.400. The van der Waals surface area contributed by atoms with Gasteiger partial charge in [-0.05, 0) is 31.5 Å². The standard InChI is InChI=1S/C15H20FNO3/c1-5-7-11-8-12(19-4)14(15(18)17-6-2)13(9-11)20-10(3)16/h5,7-10H,6H2,1-4H3,(H,17,18)/b7-5+. The van der Waals surface area contributed by atoms with Crippen LogP contribution in [0.4, 0.5) is 4.39 Å². The van der Waals surface area contributed by atoms with Crippen molar-refractivity contribution in [2.24, 2.45) is 0 Å². The largest absolute Gasteiger partial charge is 0.496 e. The van der Waals surface area contributed by atoms with E-state index in [1.54, 1.807) is 19.1 Å². The van der Waals surface area contributed by atoms with E-state index in [0.717, 1.165) is 5.56 Å². The monoisotopic (exact) mass is 281 g/mol. The van der Waals surface area contributed by atoms with Crippen molar-refractivity contribution in [3.63, 3.8) is 0 Å². The van der Waals surface area contributed by atoms with Gasteiger partial charge < -0.3 is 14.8 Å². The fourth-order valence-corrected chi connectivity index (χ4v) is 1.80. The Morgan fingerprint density at radius 2 is 2.10 bits per heavy atom. The summed E-state index contributed by atoms with van der Waals surface area (Å²) in [4.78, 5) is 12.1. The predicted molar refractivity (Wildman–Crippen MR) is 76.9 cm³/mol. The Morgan fingerprint density at radius 3 is 2.60 bits per heavy atom. The number of halogens is 1. The number of hydrogen-bond acceptors (Lipinski definition) is 3. The van der Waals surface area contributed by atoms with E-state index >= 15 is 0 Å². The van der Waals surface area contributed by atoms with Gasteiger partial charge >= 0.3 is 0 Å². The molecule has 1 N–H and O–H groups in total. The Labute approximate surface area is 118 Å². The highest BCUT2D eigenvalue weighted by molar-refractivity contribution is 6.00. The number of carbonyl (C=O) groups excluding carboxylic acids is 1. The Hall–Kier alpha value is -2.04. The van der Waals surface area contributed by atoms with Gasteiger partial charge in [0.2, 0.25) is 6.36 Å². The second-order valence-corrected chi connectivity index (χ2v) is 4.12. The number of hydrogen-bond donors (Lipinski definition) is 1. The summed E-state index contributed by atoms with van der Waals surface area (Å²) in [7, 11) is 1.46. The summed E-state index contributed by atoms with van der Waals surface area (Å²) in [6.07, 6.45) is 2.14. The second kappa shape index (κ2) is 7.53. The van der Waals surface area contributed by atoms with Crippen molar-refractivity contribution in [1.29, 1.82) is 0 Å². The van der Waals surface area contributed by atoms with E-state index in [1.807, 2.05) is 19.1 Å². The third-order valence-corrected chi connectivity index (χ3v) is 2.52. The normalized spacial score (nSPS) is 12.2. The Kier molecular flexibility index (Phi) is 6.03. The van der Waals surface area contributed by atoms with Crippen molar-refractivity contribution in [2.75, 3.05) is 13.7 Å². The molecular formula is C15H20FNO3. The van der Waals surface area contributed by atoms with E-state index in [2.05, 4.69) is 5.32 Å². The maximum atomic E-state index is 13.2. The molecule has 0 aliphatic heterocycles. The van der Waals surface area contributed by atoms with E-state index < -0.39 is 6.36 Å². The van der Waals surface area contributed by atoms with Crippen LogP contribution in [0.2, 0.25) is 0 Å². The first-order valence-corrected chi connectivity index (χ1v) is 6.47. The minimum Gasteiger partial charge on any atom is -0.496 e. The molecule has 0 radical (unpaired) electrons. The summed E-state index contributed by atoms with van der Waals surface area (Å²) >= 11 is 0. The van der Waals surface area contributed by atoms with E-state index in [-0.39, 0.29) is 17.2 Å². The van der Waals surface area contributed by atoms with Gasteiger partial charge in [0.25, 0.3) is 5.91 Å². The molecule has 0 aliphatic rings. The molecule has 0 aliphatic carbocycles. The molecule has 20 heavy (non-hydrogen) atoms. The van der Waals surface area contributed by atoms with Crippen LogP contribution in [0.25, 0.3) is 6.08 Å². The van der Waals surface area contributed by atoms with Gasteiger partial charge in [0.15, 0.2) is 0 Å². The van der Waals surface area contributed by atoms with Gasteiger partial charge in [-0.1, -0.05) is 12.2 Å². The van der Waals surface area contributed by atoms with Crippen molar-refractivity contribution in [3.05, 3.63) is 29.3 Å². The molecule has 0 saturated heterocycles. The summed E-state index contributed by atoms with van der Waals surface area (Å²) in [5, 5.41) is 2.66. The first-order valence-electron chi connectivity index (χ1n) is 6.47. The van der Waals surface area contributed by atoms with Crippen LogP contribution in [0, 0.1) is 0 Å². The van der Waals surface area contributed by atoms with Crippen LogP contribution in [0.3, 0.4) is 0 Å². The van der Waals surface area contributed by atoms with Gasteiger partial charge in [0.1, 0.15) is 17.1 Å². The summed E-state index contributed by atoms with van der Waals surface area (Å²) < 4.78 is 23.5. The minimum absolute atomic E-state index is 0.165. The second-order valence-electron chi connectivity index (χ2n) is 4.12. The number of amides is 1. The summed E-state index contributed by atoms with van der Waals surface area (Å²) in [5.74, 6) is 0.160. The number of alkyl halides is 1. The van der Waals surface area contributed by atoms with Crippen molar-refractivity contribution in [2.45, 2.75) is 27.1 Å². The topological polar surface area (TPSA) is 47.6 Å². The molecule has 1 atom stereocenters. The molecule has 4 nitrogen and oxygen atoms in total. The summed E-state index contributed by atoms with van der Waals surface area (Å²) in [6.45, 7) is 5.39. The third kappa shape index (κ3) is 3.98. The minimum atomic E-state index is -1.52. The lowest BCUT2D eigenvalue weighted by Crippen LogP contribution is -2.24. The third-order valence-electron chi connectivity index (χ3n) is 2.52. The molecule has 110 valence electrons. The molecular weight excluding hydrogens is 261 g/mol. The first kappa shape index (κ1) is 16.0. The van der Waals surface area contributed by atoms with Gasteiger partial charge in [-0.2, -0.15) is 0 Å². The van der Waals surface area contributed by atoms with E-state index in [4.69, 9.17) is 9.47 Å². The molecule has 0 aromatic heterocycles. The SMILES string of the molecule is C/C=C/c1cc(OC)c(C(=O)NCC)c(OC(C)F)c1. The number of benzene rings is 1. The molecule has 0 saturated carbocycles. The maximum Gasteiger partial charge on any atom is 0.258 e. The number of rotatable bonds is 6. The molecule has 0 fully saturated rings.